The molecule has 0 saturated heterocycles. The summed E-state index contributed by atoms with van der Waals surface area (Å²) >= 11 is 1.11. The molecule has 0 fully saturated rings. The summed E-state index contributed by atoms with van der Waals surface area (Å²) in [5.41, 5.74) is 7.36. The minimum Gasteiger partial charge on any atom is -0.461 e. The Morgan fingerprint density at radius 1 is 1.00 bits per heavy atom. The molecule has 0 atom stereocenters. The molecule has 0 spiro atoms. The van der Waals surface area contributed by atoms with Gasteiger partial charge in [-0.25, -0.2) is 4.98 Å². The molecule has 0 aliphatic heterocycles. The number of benzene rings is 3. The number of esters is 1. The molecule has 4 N–H and O–H groups in total. The van der Waals surface area contributed by atoms with Gasteiger partial charge in [0.15, 0.2) is 10.8 Å². The third-order valence-corrected chi connectivity index (χ3v) is 5.63. The van der Waals surface area contributed by atoms with Crippen LogP contribution < -0.4 is 16.4 Å². The molecule has 0 unspecified atom stereocenters. The number of hydrogen-bond acceptors (Lipinski definition) is 7. The number of carbonyl (C=O) groups excluding carboxylic acids is 3. The summed E-state index contributed by atoms with van der Waals surface area (Å²) in [6.45, 7) is 1.46. The van der Waals surface area contributed by atoms with Crippen molar-refractivity contribution >= 4 is 55.7 Å². The summed E-state index contributed by atoms with van der Waals surface area (Å²) in [6.07, 6.45) is 0. The molecule has 0 aliphatic carbocycles. The van der Waals surface area contributed by atoms with Crippen LogP contribution in [0, 0.1) is 0 Å². The predicted molar refractivity (Wildman–Crippen MR) is 128 cm³/mol. The number of nitrogens with two attached hydrogens (primary N) is 1. The van der Waals surface area contributed by atoms with Crippen LogP contribution in [0.4, 0.5) is 15.8 Å². The molecule has 4 rings (SSSR count). The summed E-state index contributed by atoms with van der Waals surface area (Å²) in [7, 11) is 0. The number of carbonyl (C=O) groups is 3. The first-order valence-electron chi connectivity index (χ1n) is 9.99. The zero-order chi connectivity index (χ0) is 23.4. The number of rotatable bonds is 7. The Balaban J connectivity index is 1.50. The van der Waals surface area contributed by atoms with Gasteiger partial charge in [0, 0.05) is 18.2 Å². The molecule has 33 heavy (non-hydrogen) atoms. The van der Waals surface area contributed by atoms with E-state index in [9.17, 15) is 14.4 Å². The first kappa shape index (κ1) is 22.0. The van der Waals surface area contributed by atoms with Gasteiger partial charge in [0.2, 0.25) is 0 Å². The van der Waals surface area contributed by atoms with Crippen LogP contribution in [-0.2, 0) is 16.1 Å². The number of nitrogens with zero attached hydrogens (tertiary/aromatic N) is 1. The maximum absolute atomic E-state index is 12.7. The van der Waals surface area contributed by atoms with E-state index >= 15 is 0 Å². The Labute approximate surface area is 193 Å². The number of fused-ring (bicyclic) bond motifs is 1. The molecule has 0 saturated carbocycles. The zero-order valence-corrected chi connectivity index (χ0v) is 18.4. The van der Waals surface area contributed by atoms with Crippen molar-refractivity contribution < 1.29 is 19.1 Å². The number of hydrogen-bond donors (Lipinski definition) is 3. The second-order valence-electron chi connectivity index (χ2n) is 7.18. The molecule has 0 radical (unpaired) electrons. The SMILES string of the molecule is CC(=O)OCc1ccc(C(=O)Nc2sc(Nc3ccc4ccccc4c3)nc2C(N)=O)cc1. The fourth-order valence-corrected chi connectivity index (χ4v) is 4.01. The van der Waals surface area contributed by atoms with Crippen molar-refractivity contribution in [3.8, 4) is 0 Å². The maximum atomic E-state index is 12.7. The Morgan fingerprint density at radius 2 is 1.73 bits per heavy atom. The van der Waals surface area contributed by atoms with Gasteiger partial charge in [-0.3, -0.25) is 14.4 Å². The lowest BCUT2D eigenvalue weighted by Gasteiger charge is -2.06. The standard InChI is InChI=1S/C24H20N4O4S/c1-14(29)32-13-15-6-8-17(9-7-15)22(31)28-23-20(21(25)30)27-24(33-23)26-19-11-10-16-4-2-3-5-18(16)12-19/h2-12H,13H2,1H3,(H2,25,30)(H,26,27)(H,28,31). The average molecular weight is 461 g/mol. The topological polar surface area (TPSA) is 123 Å². The predicted octanol–water partition coefficient (Wildman–Crippen LogP) is 4.45. The monoisotopic (exact) mass is 460 g/mol. The van der Waals surface area contributed by atoms with Gasteiger partial charge >= 0.3 is 5.97 Å². The van der Waals surface area contributed by atoms with E-state index in [1.165, 1.54) is 6.92 Å². The van der Waals surface area contributed by atoms with Gasteiger partial charge < -0.3 is 21.1 Å². The van der Waals surface area contributed by atoms with Crippen molar-refractivity contribution in [1.82, 2.24) is 4.98 Å². The van der Waals surface area contributed by atoms with Crippen molar-refractivity contribution in [2.45, 2.75) is 13.5 Å². The quantitative estimate of drug-likeness (QED) is 0.350. The molecule has 4 aromatic rings. The summed E-state index contributed by atoms with van der Waals surface area (Å²) in [4.78, 5) is 39.8. The van der Waals surface area contributed by atoms with Crippen LogP contribution in [0.3, 0.4) is 0 Å². The van der Waals surface area contributed by atoms with E-state index in [-0.39, 0.29) is 23.3 Å². The number of amides is 2. The Bertz CT molecular complexity index is 1350. The largest absolute Gasteiger partial charge is 0.461 e. The second kappa shape index (κ2) is 9.49. The van der Waals surface area contributed by atoms with Gasteiger partial charge in [-0.1, -0.05) is 53.8 Å². The molecule has 1 heterocycles. The second-order valence-corrected chi connectivity index (χ2v) is 8.18. The zero-order valence-electron chi connectivity index (χ0n) is 17.6. The van der Waals surface area contributed by atoms with Crippen molar-refractivity contribution in [3.63, 3.8) is 0 Å². The molecular formula is C24H20N4O4S. The number of nitrogens with one attached hydrogen (secondary N) is 2. The van der Waals surface area contributed by atoms with E-state index in [1.54, 1.807) is 24.3 Å². The van der Waals surface area contributed by atoms with Crippen LogP contribution in [0.5, 0.6) is 0 Å². The van der Waals surface area contributed by atoms with Crippen molar-refractivity contribution in [2.75, 3.05) is 10.6 Å². The number of aromatic nitrogens is 1. The van der Waals surface area contributed by atoms with Gasteiger partial charge in [0.05, 0.1) is 0 Å². The van der Waals surface area contributed by atoms with Crippen molar-refractivity contribution in [1.29, 1.82) is 0 Å². The smallest absolute Gasteiger partial charge is 0.302 e. The normalized spacial score (nSPS) is 10.6. The van der Waals surface area contributed by atoms with Gasteiger partial charge in [-0.2, -0.15) is 0 Å². The van der Waals surface area contributed by atoms with Crippen LogP contribution in [0.25, 0.3) is 10.8 Å². The first-order chi connectivity index (χ1) is 15.9. The highest BCUT2D eigenvalue weighted by atomic mass is 32.1. The van der Waals surface area contributed by atoms with Gasteiger partial charge in [-0.15, -0.1) is 0 Å². The first-order valence-corrected chi connectivity index (χ1v) is 10.8. The van der Waals surface area contributed by atoms with Crippen LogP contribution >= 0.6 is 11.3 Å². The molecule has 0 bridgehead atoms. The fourth-order valence-electron chi connectivity index (χ4n) is 3.13. The highest BCUT2D eigenvalue weighted by molar-refractivity contribution is 7.20. The average Bonchev–Trinajstić information content (AvgIpc) is 3.20. The number of anilines is 3. The third-order valence-electron chi connectivity index (χ3n) is 4.75. The molecule has 1 aromatic heterocycles. The van der Waals surface area contributed by atoms with Gasteiger partial charge in [0.1, 0.15) is 11.6 Å². The molecule has 8 nitrogen and oxygen atoms in total. The highest BCUT2D eigenvalue weighted by Crippen LogP contribution is 2.31. The minimum absolute atomic E-state index is 0.0249. The van der Waals surface area contributed by atoms with Crippen molar-refractivity contribution in [3.05, 3.63) is 83.6 Å². The van der Waals surface area contributed by atoms with Crippen LogP contribution in [0.15, 0.2) is 66.7 Å². The van der Waals surface area contributed by atoms with E-state index in [0.29, 0.717) is 10.7 Å². The Kier molecular flexibility index (Phi) is 6.32. The Morgan fingerprint density at radius 3 is 2.42 bits per heavy atom. The number of primary amides is 1. The highest BCUT2D eigenvalue weighted by Gasteiger charge is 2.19. The molecular weight excluding hydrogens is 440 g/mol. The Hall–Kier alpha value is -4.24. The van der Waals surface area contributed by atoms with Crippen molar-refractivity contribution in [2.24, 2.45) is 5.73 Å². The summed E-state index contributed by atoms with van der Waals surface area (Å²) in [6, 6.07) is 20.4. The van der Waals surface area contributed by atoms with E-state index in [0.717, 1.165) is 33.4 Å². The number of ether oxygens (including phenoxy) is 1. The van der Waals surface area contributed by atoms with E-state index in [1.807, 2.05) is 42.5 Å². The van der Waals surface area contributed by atoms with Crippen LogP contribution in [0.1, 0.15) is 33.3 Å². The maximum Gasteiger partial charge on any atom is 0.302 e. The summed E-state index contributed by atoms with van der Waals surface area (Å²) in [5.74, 6) is -1.55. The van der Waals surface area contributed by atoms with Gasteiger partial charge in [-0.05, 0) is 40.6 Å². The lowest BCUT2D eigenvalue weighted by molar-refractivity contribution is -0.142. The number of thiazole rings is 1. The molecule has 166 valence electrons. The lowest BCUT2D eigenvalue weighted by Crippen LogP contribution is -2.17. The summed E-state index contributed by atoms with van der Waals surface area (Å²) < 4.78 is 4.94. The van der Waals surface area contributed by atoms with Crippen LogP contribution in [-0.4, -0.2) is 22.8 Å². The van der Waals surface area contributed by atoms with E-state index < -0.39 is 11.8 Å². The molecule has 9 heteroatoms. The fraction of sp³-hybridized carbons (Fsp3) is 0.0833. The summed E-state index contributed by atoms with van der Waals surface area (Å²) in [5, 5.41) is 8.70. The lowest BCUT2D eigenvalue weighted by atomic mass is 10.1. The molecule has 0 aliphatic rings. The van der Waals surface area contributed by atoms with Crippen LogP contribution in [0.2, 0.25) is 0 Å². The minimum atomic E-state index is -0.746. The molecule has 3 aromatic carbocycles. The van der Waals surface area contributed by atoms with E-state index in [2.05, 4.69) is 15.6 Å². The van der Waals surface area contributed by atoms with E-state index in [4.69, 9.17) is 10.5 Å². The van der Waals surface area contributed by atoms with Gasteiger partial charge in [0.25, 0.3) is 11.8 Å². The molecule has 2 amide bonds. The third kappa shape index (κ3) is 5.34.